The van der Waals surface area contributed by atoms with Crippen LogP contribution in [0.3, 0.4) is 0 Å². The molecule has 0 aliphatic rings. The Morgan fingerprint density at radius 2 is 2.25 bits per heavy atom. The monoisotopic (exact) mass is 326 g/mol. The summed E-state index contributed by atoms with van der Waals surface area (Å²) >= 11 is 0. The maximum absolute atomic E-state index is 13.5. The zero-order valence-electron chi connectivity index (χ0n) is 13.4. The molecule has 2 heterocycles. The smallest absolute Gasteiger partial charge is 0.168 e. The van der Waals surface area contributed by atoms with Gasteiger partial charge in [-0.2, -0.15) is 5.10 Å². The standard InChI is InChI=1S/C17H19FN6/c1-3-5-13(9-19)23-16-15-10-20-24(17(15)22-11(2)21-16)14-7-4-6-12(18)8-14/h3-4,6-8,10,13H,1,5,9,19H2,2H3,(H,21,22,23). The van der Waals surface area contributed by atoms with Gasteiger partial charge in [-0.3, -0.25) is 0 Å². The van der Waals surface area contributed by atoms with Gasteiger partial charge in [0.15, 0.2) is 5.65 Å². The third-order valence-electron chi connectivity index (χ3n) is 3.67. The van der Waals surface area contributed by atoms with Crippen molar-refractivity contribution in [3.63, 3.8) is 0 Å². The Labute approximate surface area is 139 Å². The number of nitrogens with one attached hydrogen (secondary N) is 1. The fourth-order valence-corrected chi connectivity index (χ4v) is 2.53. The number of hydrogen-bond acceptors (Lipinski definition) is 5. The van der Waals surface area contributed by atoms with Crippen LogP contribution in [0.25, 0.3) is 16.7 Å². The second-order valence-electron chi connectivity index (χ2n) is 5.49. The van der Waals surface area contributed by atoms with E-state index in [4.69, 9.17) is 5.73 Å². The molecule has 0 spiro atoms. The van der Waals surface area contributed by atoms with E-state index in [0.717, 1.165) is 11.8 Å². The molecule has 24 heavy (non-hydrogen) atoms. The van der Waals surface area contributed by atoms with Gasteiger partial charge in [0, 0.05) is 12.6 Å². The van der Waals surface area contributed by atoms with Gasteiger partial charge in [-0.05, 0) is 31.5 Å². The molecule has 0 bridgehead atoms. The molecule has 1 atom stereocenters. The molecular formula is C17H19FN6. The van der Waals surface area contributed by atoms with E-state index < -0.39 is 0 Å². The van der Waals surface area contributed by atoms with Crippen molar-refractivity contribution in [1.29, 1.82) is 0 Å². The lowest BCUT2D eigenvalue weighted by atomic mass is 10.2. The minimum Gasteiger partial charge on any atom is -0.365 e. The SMILES string of the molecule is C=CCC(CN)Nc1nc(C)nc2c1cnn2-c1cccc(F)c1. The quantitative estimate of drug-likeness (QED) is 0.680. The second kappa shape index (κ2) is 6.76. The van der Waals surface area contributed by atoms with Crippen LogP contribution in [0.2, 0.25) is 0 Å². The topological polar surface area (TPSA) is 81.7 Å². The van der Waals surface area contributed by atoms with Gasteiger partial charge in [0.2, 0.25) is 0 Å². The van der Waals surface area contributed by atoms with Gasteiger partial charge in [-0.15, -0.1) is 6.58 Å². The fourth-order valence-electron chi connectivity index (χ4n) is 2.53. The Morgan fingerprint density at radius 3 is 2.96 bits per heavy atom. The highest BCUT2D eigenvalue weighted by molar-refractivity contribution is 5.87. The van der Waals surface area contributed by atoms with Gasteiger partial charge < -0.3 is 11.1 Å². The summed E-state index contributed by atoms with van der Waals surface area (Å²) in [5.74, 6) is 0.935. The third-order valence-corrected chi connectivity index (χ3v) is 3.67. The molecule has 0 radical (unpaired) electrons. The van der Waals surface area contributed by atoms with E-state index in [1.807, 2.05) is 6.08 Å². The van der Waals surface area contributed by atoms with Gasteiger partial charge >= 0.3 is 0 Å². The first-order valence-corrected chi connectivity index (χ1v) is 7.68. The number of hydrogen-bond donors (Lipinski definition) is 2. The molecular weight excluding hydrogens is 307 g/mol. The first-order chi connectivity index (χ1) is 11.6. The lowest BCUT2D eigenvalue weighted by Crippen LogP contribution is -2.28. The highest BCUT2D eigenvalue weighted by Gasteiger charge is 2.15. The predicted molar refractivity (Wildman–Crippen MR) is 92.6 cm³/mol. The number of aryl methyl sites for hydroxylation is 1. The number of rotatable bonds is 6. The van der Waals surface area contributed by atoms with Crippen molar-refractivity contribution < 1.29 is 4.39 Å². The molecule has 0 aliphatic heterocycles. The summed E-state index contributed by atoms with van der Waals surface area (Å²) in [6, 6.07) is 6.25. The van der Waals surface area contributed by atoms with Crippen molar-refractivity contribution >= 4 is 16.9 Å². The summed E-state index contributed by atoms with van der Waals surface area (Å²) < 4.78 is 15.1. The summed E-state index contributed by atoms with van der Waals surface area (Å²) in [5.41, 5.74) is 7.01. The van der Waals surface area contributed by atoms with Crippen LogP contribution in [0.5, 0.6) is 0 Å². The first-order valence-electron chi connectivity index (χ1n) is 7.68. The molecule has 2 aromatic heterocycles. The molecule has 6 nitrogen and oxygen atoms in total. The molecule has 0 fully saturated rings. The Bertz CT molecular complexity index is 873. The van der Waals surface area contributed by atoms with Crippen molar-refractivity contribution in [3.05, 3.63) is 54.8 Å². The van der Waals surface area contributed by atoms with Crippen molar-refractivity contribution in [3.8, 4) is 5.69 Å². The zero-order chi connectivity index (χ0) is 17.1. The molecule has 7 heteroatoms. The summed E-state index contributed by atoms with van der Waals surface area (Å²) in [6.07, 6.45) is 4.20. The van der Waals surface area contributed by atoms with E-state index in [1.54, 1.807) is 29.9 Å². The zero-order valence-corrected chi connectivity index (χ0v) is 13.4. The minimum atomic E-state index is -0.325. The van der Waals surface area contributed by atoms with E-state index >= 15 is 0 Å². The Morgan fingerprint density at radius 1 is 1.42 bits per heavy atom. The normalized spacial score (nSPS) is 12.3. The largest absolute Gasteiger partial charge is 0.365 e. The van der Waals surface area contributed by atoms with Gasteiger partial charge in [-0.25, -0.2) is 19.0 Å². The van der Waals surface area contributed by atoms with Crippen LogP contribution < -0.4 is 11.1 Å². The van der Waals surface area contributed by atoms with E-state index in [1.165, 1.54) is 12.1 Å². The van der Waals surface area contributed by atoms with Crippen molar-refractivity contribution in [2.75, 3.05) is 11.9 Å². The Hall–Kier alpha value is -2.80. The first kappa shape index (κ1) is 16.1. The number of fused-ring (bicyclic) bond motifs is 1. The maximum atomic E-state index is 13.5. The Balaban J connectivity index is 2.08. The van der Waals surface area contributed by atoms with Crippen molar-refractivity contribution in [2.24, 2.45) is 5.73 Å². The van der Waals surface area contributed by atoms with Gasteiger partial charge in [0.05, 0.1) is 17.3 Å². The van der Waals surface area contributed by atoms with E-state index in [0.29, 0.717) is 29.5 Å². The molecule has 3 rings (SSSR count). The van der Waals surface area contributed by atoms with Crippen molar-refractivity contribution in [1.82, 2.24) is 19.7 Å². The molecule has 0 saturated heterocycles. The second-order valence-corrected chi connectivity index (χ2v) is 5.49. The molecule has 124 valence electrons. The highest BCUT2D eigenvalue weighted by Crippen LogP contribution is 2.23. The number of nitrogens with zero attached hydrogens (tertiary/aromatic N) is 4. The number of halogens is 1. The Kier molecular flexibility index (Phi) is 4.52. The number of benzene rings is 1. The van der Waals surface area contributed by atoms with Crippen LogP contribution >= 0.6 is 0 Å². The fraction of sp³-hybridized carbons (Fsp3) is 0.235. The lowest BCUT2D eigenvalue weighted by Gasteiger charge is -2.16. The average molecular weight is 326 g/mol. The molecule has 0 saturated carbocycles. The van der Waals surface area contributed by atoms with Crippen LogP contribution in [-0.4, -0.2) is 32.3 Å². The van der Waals surface area contributed by atoms with Gasteiger partial charge in [0.25, 0.3) is 0 Å². The lowest BCUT2D eigenvalue weighted by molar-refractivity contribution is 0.625. The number of anilines is 1. The van der Waals surface area contributed by atoms with E-state index in [2.05, 4.69) is 27.0 Å². The molecule has 1 aromatic carbocycles. The number of aromatic nitrogens is 4. The van der Waals surface area contributed by atoms with Crippen molar-refractivity contribution in [2.45, 2.75) is 19.4 Å². The van der Waals surface area contributed by atoms with Crippen LogP contribution in [0.1, 0.15) is 12.2 Å². The molecule has 3 aromatic rings. The average Bonchev–Trinajstić information content (AvgIpc) is 2.98. The third kappa shape index (κ3) is 3.11. The highest BCUT2D eigenvalue weighted by atomic mass is 19.1. The maximum Gasteiger partial charge on any atom is 0.168 e. The summed E-state index contributed by atoms with van der Waals surface area (Å²) in [4.78, 5) is 8.91. The van der Waals surface area contributed by atoms with E-state index in [-0.39, 0.29) is 11.9 Å². The summed E-state index contributed by atoms with van der Waals surface area (Å²) in [6.45, 7) is 6.00. The van der Waals surface area contributed by atoms with Gasteiger partial charge in [-0.1, -0.05) is 12.1 Å². The van der Waals surface area contributed by atoms with Crippen LogP contribution in [0.15, 0.2) is 43.1 Å². The van der Waals surface area contributed by atoms with Gasteiger partial charge in [0.1, 0.15) is 17.5 Å². The predicted octanol–water partition coefficient (Wildman–Crippen LogP) is 2.58. The van der Waals surface area contributed by atoms with Crippen LogP contribution in [-0.2, 0) is 0 Å². The van der Waals surface area contributed by atoms with Crippen LogP contribution in [0, 0.1) is 12.7 Å². The van der Waals surface area contributed by atoms with E-state index in [9.17, 15) is 4.39 Å². The summed E-state index contributed by atoms with van der Waals surface area (Å²) in [5, 5.41) is 8.42. The molecule has 1 unspecified atom stereocenters. The molecule has 0 amide bonds. The molecule has 0 aliphatic carbocycles. The molecule has 3 N–H and O–H groups in total. The summed E-state index contributed by atoms with van der Waals surface area (Å²) in [7, 11) is 0. The number of nitrogens with two attached hydrogens (primary N) is 1. The minimum absolute atomic E-state index is 0.0255. The van der Waals surface area contributed by atoms with Crippen LogP contribution in [0.4, 0.5) is 10.2 Å².